The predicted octanol–water partition coefficient (Wildman–Crippen LogP) is 23.0. The van der Waals surface area contributed by atoms with Crippen LogP contribution in [0.5, 0.6) is 0 Å². The molecule has 0 radical (unpaired) electrons. The number of hydrogen-bond donors (Lipinski definition) is 0. The second-order valence-corrected chi connectivity index (χ2v) is 22.0. The Morgan fingerprint density at radius 1 is 0.266 bits per heavy atom. The molecule has 0 aliphatic rings. The molecule has 0 saturated carbocycles. The van der Waals surface area contributed by atoms with E-state index in [-0.39, 0.29) is 31.1 Å². The average molecular weight is 1100 g/mol. The molecule has 0 spiro atoms. The molecular formula is C73H124O6. The van der Waals surface area contributed by atoms with Crippen molar-refractivity contribution in [1.82, 2.24) is 0 Å². The average Bonchev–Trinajstić information content (AvgIpc) is 3.45. The van der Waals surface area contributed by atoms with Crippen LogP contribution < -0.4 is 0 Å². The molecule has 0 N–H and O–H groups in total. The molecule has 0 aromatic rings. The van der Waals surface area contributed by atoms with E-state index in [0.29, 0.717) is 19.3 Å². The third kappa shape index (κ3) is 64.8. The van der Waals surface area contributed by atoms with Crippen molar-refractivity contribution in [2.45, 2.75) is 322 Å². The Hall–Kier alpha value is -3.93. The zero-order valence-electron chi connectivity index (χ0n) is 51.9. The van der Waals surface area contributed by atoms with E-state index >= 15 is 0 Å². The van der Waals surface area contributed by atoms with Crippen molar-refractivity contribution >= 4 is 17.9 Å². The fourth-order valence-corrected chi connectivity index (χ4v) is 9.28. The summed E-state index contributed by atoms with van der Waals surface area (Å²) in [6, 6.07) is 0. The summed E-state index contributed by atoms with van der Waals surface area (Å²) in [5.74, 6) is -0.895. The molecule has 1 atom stereocenters. The van der Waals surface area contributed by atoms with Crippen molar-refractivity contribution < 1.29 is 28.6 Å². The van der Waals surface area contributed by atoms with Gasteiger partial charge in [-0.2, -0.15) is 0 Å². The van der Waals surface area contributed by atoms with Gasteiger partial charge in [-0.15, -0.1) is 0 Å². The molecule has 1 unspecified atom stereocenters. The van der Waals surface area contributed by atoms with Crippen molar-refractivity contribution in [3.63, 3.8) is 0 Å². The number of rotatable bonds is 60. The summed E-state index contributed by atoms with van der Waals surface area (Å²) >= 11 is 0. The maximum absolute atomic E-state index is 12.8. The van der Waals surface area contributed by atoms with Crippen molar-refractivity contribution in [2.24, 2.45) is 0 Å². The first-order valence-corrected chi connectivity index (χ1v) is 33.4. The lowest BCUT2D eigenvalue weighted by Crippen LogP contribution is -2.30. The summed E-state index contributed by atoms with van der Waals surface area (Å²) in [5, 5.41) is 0. The van der Waals surface area contributed by atoms with Crippen LogP contribution in [0.3, 0.4) is 0 Å². The lowest BCUT2D eigenvalue weighted by atomic mass is 10.0. The number of ether oxygens (including phenoxy) is 3. The molecule has 79 heavy (non-hydrogen) atoms. The number of allylic oxidation sites excluding steroid dienone is 18. The maximum Gasteiger partial charge on any atom is 0.306 e. The number of carbonyl (C=O) groups excluding carboxylic acids is 3. The molecule has 0 saturated heterocycles. The lowest BCUT2D eigenvalue weighted by molar-refractivity contribution is -0.167. The minimum absolute atomic E-state index is 0.0801. The van der Waals surface area contributed by atoms with Crippen molar-refractivity contribution in [3.05, 3.63) is 109 Å². The highest BCUT2D eigenvalue weighted by Gasteiger charge is 2.19. The van der Waals surface area contributed by atoms with Crippen LogP contribution in [0.25, 0.3) is 0 Å². The third-order valence-corrected chi connectivity index (χ3v) is 14.3. The third-order valence-electron chi connectivity index (χ3n) is 14.3. The summed E-state index contributed by atoms with van der Waals surface area (Å²) in [5.41, 5.74) is 0. The fourth-order valence-electron chi connectivity index (χ4n) is 9.28. The van der Waals surface area contributed by atoms with E-state index in [4.69, 9.17) is 14.2 Å². The Bertz CT molecular complexity index is 1590. The molecule has 0 amide bonds. The highest BCUT2D eigenvalue weighted by Crippen LogP contribution is 2.16. The molecule has 0 aliphatic carbocycles. The van der Waals surface area contributed by atoms with E-state index in [1.54, 1.807) is 0 Å². The summed E-state index contributed by atoms with van der Waals surface area (Å²) in [6.07, 6.45) is 91.5. The number of esters is 3. The van der Waals surface area contributed by atoms with Crippen LogP contribution in [0, 0.1) is 0 Å². The fraction of sp³-hybridized carbons (Fsp3) is 0.712. The van der Waals surface area contributed by atoms with Crippen molar-refractivity contribution in [3.8, 4) is 0 Å². The second-order valence-electron chi connectivity index (χ2n) is 22.0. The lowest BCUT2D eigenvalue weighted by Gasteiger charge is -2.18. The summed E-state index contributed by atoms with van der Waals surface area (Å²) in [4.78, 5) is 38.0. The Balaban J connectivity index is 4.06. The Labute approximate surface area is 489 Å². The molecule has 0 aromatic carbocycles. The Morgan fingerprint density at radius 2 is 0.494 bits per heavy atom. The molecule has 452 valence electrons. The first-order valence-electron chi connectivity index (χ1n) is 33.4. The van der Waals surface area contributed by atoms with Gasteiger partial charge in [0, 0.05) is 19.3 Å². The smallest absolute Gasteiger partial charge is 0.306 e. The van der Waals surface area contributed by atoms with Gasteiger partial charge in [0.05, 0.1) is 0 Å². The van der Waals surface area contributed by atoms with Crippen LogP contribution in [0.2, 0.25) is 0 Å². The van der Waals surface area contributed by atoms with Crippen LogP contribution in [0.1, 0.15) is 316 Å². The van der Waals surface area contributed by atoms with E-state index in [0.717, 1.165) is 122 Å². The van der Waals surface area contributed by atoms with Crippen LogP contribution >= 0.6 is 0 Å². The topological polar surface area (TPSA) is 78.9 Å². The van der Waals surface area contributed by atoms with Gasteiger partial charge in [0.2, 0.25) is 0 Å². The normalized spacial score (nSPS) is 12.8. The zero-order chi connectivity index (χ0) is 57.1. The molecule has 0 aromatic heterocycles. The van der Waals surface area contributed by atoms with Gasteiger partial charge in [0.25, 0.3) is 0 Å². The van der Waals surface area contributed by atoms with E-state index < -0.39 is 6.10 Å². The van der Waals surface area contributed by atoms with Gasteiger partial charge in [-0.1, -0.05) is 297 Å². The van der Waals surface area contributed by atoms with Crippen LogP contribution in [0.15, 0.2) is 109 Å². The van der Waals surface area contributed by atoms with Crippen LogP contribution in [-0.4, -0.2) is 37.2 Å². The number of hydrogen-bond acceptors (Lipinski definition) is 6. The van der Waals surface area contributed by atoms with Crippen molar-refractivity contribution in [1.29, 1.82) is 0 Å². The minimum atomic E-state index is -0.779. The van der Waals surface area contributed by atoms with Crippen LogP contribution in [0.4, 0.5) is 0 Å². The second kappa shape index (κ2) is 66.6. The Morgan fingerprint density at radius 3 is 0.785 bits per heavy atom. The van der Waals surface area contributed by atoms with Gasteiger partial charge in [-0.25, -0.2) is 0 Å². The molecule has 6 heteroatoms. The summed E-state index contributed by atoms with van der Waals surface area (Å²) in [7, 11) is 0. The first-order chi connectivity index (χ1) is 39.0. The zero-order valence-corrected chi connectivity index (χ0v) is 51.9. The maximum atomic E-state index is 12.8. The van der Waals surface area contributed by atoms with E-state index in [1.165, 1.54) is 154 Å². The highest BCUT2D eigenvalue weighted by atomic mass is 16.6. The summed E-state index contributed by atoms with van der Waals surface area (Å²) < 4.78 is 16.8. The minimum Gasteiger partial charge on any atom is -0.462 e. The van der Waals surface area contributed by atoms with Crippen molar-refractivity contribution in [2.75, 3.05) is 13.2 Å². The van der Waals surface area contributed by atoms with Gasteiger partial charge in [0.1, 0.15) is 13.2 Å². The monoisotopic (exact) mass is 1100 g/mol. The van der Waals surface area contributed by atoms with Gasteiger partial charge in [-0.3, -0.25) is 14.4 Å². The SMILES string of the molecule is CC/C=C\C/C=C\C/C=C\C/C=C\C/C=C\C/C=C\C/C=C\C/C=C\CCCCCCCCCCC(=O)OCC(COC(=O)CCCCCCC)OC(=O)CCCCCCCCCCCCC/C=C\CCCCCCCCCC. The molecule has 6 nitrogen and oxygen atoms in total. The molecule has 0 fully saturated rings. The van der Waals surface area contributed by atoms with E-state index in [9.17, 15) is 14.4 Å². The largest absolute Gasteiger partial charge is 0.462 e. The predicted molar refractivity (Wildman–Crippen MR) is 343 cm³/mol. The Kier molecular flexibility index (Phi) is 63.3. The van der Waals surface area contributed by atoms with Gasteiger partial charge < -0.3 is 14.2 Å². The quantitative estimate of drug-likeness (QED) is 0.0261. The van der Waals surface area contributed by atoms with E-state index in [2.05, 4.69) is 130 Å². The highest BCUT2D eigenvalue weighted by molar-refractivity contribution is 5.71. The number of unbranched alkanes of at least 4 members (excludes halogenated alkanes) is 31. The van der Waals surface area contributed by atoms with Crippen LogP contribution in [-0.2, 0) is 28.6 Å². The molecular weight excluding hydrogens is 973 g/mol. The molecule has 0 bridgehead atoms. The van der Waals surface area contributed by atoms with E-state index in [1.807, 2.05) is 0 Å². The first kappa shape index (κ1) is 75.1. The van der Waals surface area contributed by atoms with Gasteiger partial charge >= 0.3 is 17.9 Å². The standard InChI is InChI=1S/C73H124O6/c1-4-7-10-13-15-17-19-21-23-25-27-29-31-32-33-34-35-36-37-38-39-40-42-43-45-47-49-51-53-55-57-60-63-66-72(75)78-69-70(68-77-71(74)65-62-59-12-9-6-3)79-73(76)67-64-61-58-56-54-52-50-48-46-44-41-30-28-26-24-22-20-18-16-14-11-8-5-2/h7,10,15,17,21,23,26-29,32-33,35-36,38-39,42-43,70H,4-6,8-9,11-14,16,18-20,22,24-25,30-31,34,37,40-41,44-69H2,1-3H3/b10-7-,17-15-,23-21-,28-26-,29-27-,33-32-,36-35-,39-38-,43-42-. The number of carbonyl (C=O) groups is 3. The van der Waals surface area contributed by atoms with Gasteiger partial charge in [-0.05, 0) is 109 Å². The summed E-state index contributed by atoms with van der Waals surface area (Å²) in [6.45, 7) is 6.46. The molecule has 0 heterocycles. The molecule has 0 rings (SSSR count). The van der Waals surface area contributed by atoms with Gasteiger partial charge in [0.15, 0.2) is 6.10 Å². The molecule has 0 aliphatic heterocycles.